The molecule has 1 aliphatic rings. The third-order valence-corrected chi connectivity index (χ3v) is 5.37. The van der Waals surface area contributed by atoms with E-state index in [1.54, 1.807) is 5.48 Å². The second kappa shape index (κ2) is 7.03. The molecule has 29 heavy (non-hydrogen) atoms. The largest absolute Gasteiger partial charge is 0.358 e. The van der Waals surface area contributed by atoms with E-state index in [2.05, 4.69) is 50.2 Å². The molecule has 5 rings (SSSR count). The molecule has 0 bridgehead atoms. The first-order chi connectivity index (χ1) is 14.2. The van der Waals surface area contributed by atoms with Gasteiger partial charge >= 0.3 is 0 Å². The monoisotopic (exact) mass is 385 g/mol. The SMILES string of the molecule is O=C(NO)c1cnc(N2CCc3[nH]c4ccc(-c5ccccc5)cc4c3C2)nc1. The van der Waals surface area contributed by atoms with E-state index >= 15 is 0 Å². The summed E-state index contributed by atoms with van der Waals surface area (Å²) < 4.78 is 0. The molecule has 0 fully saturated rings. The summed E-state index contributed by atoms with van der Waals surface area (Å²) in [7, 11) is 0. The molecule has 1 amide bonds. The zero-order chi connectivity index (χ0) is 19.8. The fourth-order valence-electron chi connectivity index (χ4n) is 3.86. The zero-order valence-electron chi connectivity index (χ0n) is 15.6. The molecule has 1 aliphatic heterocycles. The molecule has 0 atom stereocenters. The number of anilines is 1. The van der Waals surface area contributed by atoms with Gasteiger partial charge in [0.1, 0.15) is 0 Å². The van der Waals surface area contributed by atoms with Crippen molar-refractivity contribution in [1.82, 2.24) is 20.4 Å². The standard InChI is InChI=1S/C22H19N5O2/c28-21(26-29)16-11-23-22(24-12-16)27-9-8-20-18(13-27)17-10-15(6-7-19(17)25-20)14-4-2-1-3-5-14/h1-7,10-12,25,29H,8-9,13H2,(H,26,28). The number of amides is 1. The molecule has 2 aromatic carbocycles. The van der Waals surface area contributed by atoms with E-state index < -0.39 is 5.91 Å². The number of nitrogens with one attached hydrogen (secondary N) is 2. The number of hydrogen-bond donors (Lipinski definition) is 3. The van der Waals surface area contributed by atoms with Crippen molar-refractivity contribution in [2.75, 3.05) is 11.4 Å². The van der Waals surface area contributed by atoms with Crippen LogP contribution in [0.5, 0.6) is 0 Å². The predicted molar refractivity (Wildman–Crippen MR) is 110 cm³/mol. The number of carbonyl (C=O) groups is 1. The molecule has 0 aliphatic carbocycles. The maximum absolute atomic E-state index is 11.5. The molecule has 7 heteroatoms. The summed E-state index contributed by atoms with van der Waals surface area (Å²) in [5.74, 6) is -0.0544. The van der Waals surface area contributed by atoms with Gasteiger partial charge in [0.15, 0.2) is 0 Å². The molecule has 0 saturated heterocycles. The highest BCUT2D eigenvalue weighted by Gasteiger charge is 2.23. The van der Waals surface area contributed by atoms with Crippen molar-refractivity contribution in [3.63, 3.8) is 0 Å². The van der Waals surface area contributed by atoms with Gasteiger partial charge in [-0.25, -0.2) is 15.4 Å². The minimum Gasteiger partial charge on any atom is -0.358 e. The molecule has 0 unspecified atom stereocenters. The van der Waals surface area contributed by atoms with Crippen molar-refractivity contribution in [1.29, 1.82) is 0 Å². The number of hydrogen-bond acceptors (Lipinski definition) is 5. The Morgan fingerprint density at radius 3 is 2.62 bits per heavy atom. The molecule has 0 spiro atoms. The molecular formula is C22H19N5O2. The lowest BCUT2D eigenvalue weighted by Crippen LogP contribution is -2.31. The summed E-state index contributed by atoms with van der Waals surface area (Å²) >= 11 is 0. The number of rotatable bonds is 3. The summed E-state index contributed by atoms with van der Waals surface area (Å²) in [6.45, 7) is 1.48. The number of aromatic amines is 1. The van der Waals surface area contributed by atoms with Crippen LogP contribution in [-0.4, -0.2) is 32.6 Å². The van der Waals surface area contributed by atoms with Gasteiger partial charge in [0.25, 0.3) is 5.91 Å². The van der Waals surface area contributed by atoms with Crippen LogP contribution in [0.3, 0.4) is 0 Å². The zero-order valence-corrected chi connectivity index (χ0v) is 15.6. The van der Waals surface area contributed by atoms with Crippen molar-refractivity contribution >= 4 is 22.8 Å². The predicted octanol–water partition coefficient (Wildman–Crippen LogP) is 3.31. The van der Waals surface area contributed by atoms with Crippen LogP contribution in [0.1, 0.15) is 21.6 Å². The number of fused-ring (bicyclic) bond motifs is 3. The van der Waals surface area contributed by atoms with E-state index in [0.717, 1.165) is 18.5 Å². The summed E-state index contributed by atoms with van der Waals surface area (Å²) in [5, 5.41) is 9.94. The molecule has 0 radical (unpaired) electrons. The van der Waals surface area contributed by atoms with E-state index in [1.165, 1.54) is 40.2 Å². The van der Waals surface area contributed by atoms with Crippen molar-refractivity contribution in [3.8, 4) is 11.1 Å². The maximum Gasteiger partial charge on any atom is 0.277 e. The van der Waals surface area contributed by atoms with Gasteiger partial charge in [0, 0.05) is 54.1 Å². The maximum atomic E-state index is 11.5. The highest BCUT2D eigenvalue weighted by molar-refractivity contribution is 5.92. The molecule has 7 nitrogen and oxygen atoms in total. The minimum atomic E-state index is -0.623. The fraction of sp³-hybridized carbons (Fsp3) is 0.136. The number of nitrogens with zero attached hydrogens (tertiary/aromatic N) is 3. The Hall–Kier alpha value is -3.71. The summed E-state index contributed by atoms with van der Waals surface area (Å²) in [4.78, 5) is 25.7. The first-order valence-corrected chi connectivity index (χ1v) is 9.43. The molecule has 144 valence electrons. The minimum absolute atomic E-state index is 0.216. The van der Waals surface area contributed by atoms with Crippen LogP contribution < -0.4 is 10.4 Å². The molecule has 3 heterocycles. The molecule has 0 saturated carbocycles. The second-order valence-corrected chi connectivity index (χ2v) is 7.09. The van der Waals surface area contributed by atoms with Gasteiger partial charge in [0.05, 0.1) is 5.56 Å². The highest BCUT2D eigenvalue weighted by atomic mass is 16.5. The lowest BCUT2D eigenvalue weighted by atomic mass is 10.00. The fourth-order valence-corrected chi connectivity index (χ4v) is 3.86. The van der Waals surface area contributed by atoms with Gasteiger partial charge in [-0.15, -0.1) is 0 Å². The molecular weight excluding hydrogens is 366 g/mol. The Balaban J connectivity index is 1.48. The summed E-state index contributed by atoms with van der Waals surface area (Å²) in [6.07, 6.45) is 3.71. The topological polar surface area (TPSA) is 94.1 Å². The Kier molecular flexibility index (Phi) is 4.22. The Morgan fingerprint density at radius 1 is 1.07 bits per heavy atom. The molecule has 2 aromatic heterocycles. The first-order valence-electron chi connectivity index (χ1n) is 9.43. The normalized spacial score (nSPS) is 13.3. The smallest absolute Gasteiger partial charge is 0.277 e. The summed E-state index contributed by atoms with van der Waals surface area (Å²) in [5.41, 5.74) is 7.82. The Bertz CT molecular complexity index is 1190. The first kappa shape index (κ1) is 17.4. The van der Waals surface area contributed by atoms with Gasteiger partial charge in [-0.2, -0.15) is 0 Å². The van der Waals surface area contributed by atoms with Gasteiger partial charge < -0.3 is 9.88 Å². The average Bonchev–Trinajstić information content (AvgIpc) is 3.16. The lowest BCUT2D eigenvalue weighted by molar-refractivity contribution is 0.0705. The second-order valence-electron chi connectivity index (χ2n) is 7.09. The van der Waals surface area contributed by atoms with Gasteiger partial charge in [0.2, 0.25) is 5.95 Å². The van der Waals surface area contributed by atoms with Gasteiger partial charge in [-0.1, -0.05) is 36.4 Å². The van der Waals surface area contributed by atoms with Crippen LogP contribution >= 0.6 is 0 Å². The van der Waals surface area contributed by atoms with Crippen molar-refractivity contribution in [2.24, 2.45) is 0 Å². The van der Waals surface area contributed by atoms with Crippen LogP contribution in [-0.2, 0) is 13.0 Å². The quantitative estimate of drug-likeness (QED) is 0.372. The van der Waals surface area contributed by atoms with E-state index in [9.17, 15) is 4.79 Å². The Labute approximate surface area is 167 Å². The highest BCUT2D eigenvalue weighted by Crippen LogP contribution is 2.32. The average molecular weight is 385 g/mol. The third kappa shape index (κ3) is 3.11. The van der Waals surface area contributed by atoms with Gasteiger partial charge in [-0.05, 0) is 23.3 Å². The lowest BCUT2D eigenvalue weighted by Gasteiger charge is -2.27. The van der Waals surface area contributed by atoms with E-state index in [-0.39, 0.29) is 5.56 Å². The third-order valence-electron chi connectivity index (χ3n) is 5.37. The molecule has 4 aromatic rings. The van der Waals surface area contributed by atoms with Crippen molar-refractivity contribution in [2.45, 2.75) is 13.0 Å². The van der Waals surface area contributed by atoms with Crippen LogP contribution in [0.4, 0.5) is 5.95 Å². The van der Waals surface area contributed by atoms with E-state index in [4.69, 9.17) is 5.21 Å². The van der Waals surface area contributed by atoms with Crippen LogP contribution in [0, 0.1) is 0 Å². The number of aromatic nitrogens is 3. The Morgan fingerprint density at radius 2 is 1.86 bits per heavy atom. The number of benzene rings is 2. The van der Waals surface area contributed by atoms with Crippen LogP contribution in [0.2, 0.25) is 0 Å². The van der Waals surface area contributed by atoms with Crippen molar-refractivity contribution in [3.05, 3.63) is 77.7 Å². The number of H-pyrrole nitrogens is 1. The van der Waals surface area contributed by atoms with Crippen LogP contribution in [0.25, 0.3) is 22.0 Å². The number of hydroxylamine groups is 1. The summed E-state index contributed by atoms with van der Waals surface area (Å²) in [6, 6.07) is 16.9. The van der Waals surface area contributed by atoms with Gasteiger partial charge in [-0.3, -0.25) is 10.0 Å². The van der Waals surface area contributed by atoms with E-state index in [0.29, 0.717) is 12.5 Å². The van der Waals surface area contributed by atoms with Crippen molar-refractivity contribution < 1.29 is 10.0 Å². The molecule has 3 N–H and O–H groups in total. The van der Waals surface area contributed by atoms with Crippen LogP contribution in [0.15, 0.2) is 60.9 Å². The number of carbonyl (C=O) groups excluding carboxylic acids is 1. The van der Waals surface area contributed by atoms with E-state index in [1.807, 2.05) is 18.2 Å².